The average molecular weight is 325 g/mol. The molecule has 3 nitrogen and oxygen atoms in total. The maximum atomic E-state index is 5.53. The molecule has 0 radical (unpaired) electrons. The van der Waals surface area contributed by atoms with Gasteiger partial charge >= 0.3 is 0 Å². The van der Waals surface area contributed by atoms with Gasteiger partial charge in [0.15, 0.2) is 11.5 Å². The van der Waals surface area contributed by atoms with E-state index >= 15 is 0 Å². The standard InChI is InChI=1S/C12H18BrNO2.ClH/c1-4-14-8-9-6-10(13)12(16-5-2)11(7-9)15-3;/h6-7,14H,4-5,8H2,1-3H3;1H. The third kappa shape index (κ3) is 4.74. The molecule has 0 bridgehead atoms. The number of methoxy groups -OCH3 is 1. The summed E-state index contributed by atoms with van der Waals surface area (Å²) in [4.78, 5) is 0. The molecule has 17 heavy (non-hydrogen) atoms. The highest BCUT2D eigenvalue weighted by atomic mass is 79.9. The number of benzene rings is 1. The molecule has 0 aromatic heterocycles. The van der Waals surface area contributed by atoms with Crippen LogP contribution in [0.4, 0.5) is 0 Å². The van der Waals surface area contributed by atoms with E-state index in [0.717, 1.165) is 29.1 Å². The third-order valence-corrected chi connectivity index (χ3v) is 2.75. The Labute approximate surface area is 117 Å². The predicted octanol–water partition coefficient (Wildman–Crippen LogP) is 3.39. The first kappa shape index (κ1) is 16.6. The van der Waals surface area contributed by atoms with Gasteiger partial charge in [0.05, 0.1) is 18.2 Å². The Morgan fingerprint density at radius 2 is 2.00 bits per heavy atom. The number of nitrogens with one attached hydrogen (secondary N) is 1. The van der Waals surface area contributed by atoms with Crippen LogP contribution in [-0.4, -0.2) is 20.3 Å². The second-order valence-electron chi connectivity index (χ2n) is 3.32. The monoisotopic (exact) mass is 323 g/mol. The van der Waals surface area contributed by atoms with Crippen LogP contribution in [0.3, 0.4) is 0 Å². The predicted molar refractivity (Wildman–Crippen MR) is 76.5 cm³/mol. The van der Waals surface area contributed by atoms with Gasteiger partial charge in [-0.3, -0.25) is 0 Å². The van der Waals surface area contributed by atoms with Crippen molar-refractivity contribution in [3.05, 3.63) is 22.2 Å². The lowest BCUT2D eigenvalue weighted by atomic mass is 10.2. The Bertz CT molecular complexity index is 348. The van der Waals surface area contributed by atoms with Crippen LogP contribution in [0.5, 0.6) is 11.5 Å². The average Bonchev–Trinajstić information content (AvgIpc) is 2.29. The van der Waals surface area contributed by atoms with Gasteiger partial charge in [-0.25, -0.2) is 0 Å². The Morgan fingerprint density at radius 1 is 1.29 bits per heavy atom. The molecule has 1 rings (SSSR count). The smallest absolute Gasteiger partial charge is 0.175 e. The van der Waals surface area contributed by atoms with Crippen LogP contribution in [0.25, 0.3) is 0 Å². The molecule has 0 amide bonds. The summed E-state index contributed by atoms with van der Waals surface area (Å²) in [6.07, 6.45) is 0. The first-order chi connectivity index (χ1) is 7.72. The lowest BCUT2D eigenvalue weighted by Crippen LogP contribution is -2.12. The SMILES string of the molecule is CCNCc1cc(Br)c(OCC)c(OC)c1.Cl. The summed E-state index contributed by atoms with van der Waals surface area (Å²) in [5.74, 6) is 1.54. The molecule has 0 aliphatic carbocycles. The summed E-state index contributed by atoms with van der Waals surface area (Å²) >= 11 is 3.50. The molecule has 1 aromatic rings. The molecule has 0 fully saturated rings. The summed E-state index contributed by atoms with van der Waals surface area (Å²) < 4.78 is 11.8. The largest absolute Gasteiger partial charge is 0.493 e. The van der Waals surface area contributed by atoms with Gasteiger partial charge in [0.25, 0.3) is 0 Å². The van der Waals surface area contributed by atoms with E-state index in [1.54, 1.807) is 7.11 Å². The minimum atomic E-state index is 0. The van der Waals surface area contributed by atoms with Crippen LogP contribution in [0.1, 0.15) is 19.4 Å². The van der Waals surface area contributed by atoms with E-state index in [4.69, 9.17) is 9.47 Å². The fourth-order valence-electron chi connectivity index (χ4n) is 1.43. The van der Waals surface area contributed by atoms with Crippen molar-refractivity contribution in [1.29, 1.82) is 0 Å². The normalized spacial score (nSPS) is 9.65. The van der Waals surface area contributed by atoms with Crippen molar-refractivity contribution >= 4 is 28.3 Å². The van der Waals surface area contributed by atoms with Gasteiger partial charge in [0.1, 0.15) is 0 Å². The van der Waals surface area contributed by atoms with Crippen LogP contribution in [0.2, 0.25) is 0 Å². The second kappa shape index (κ2) is 8.61. The maximum Gasteiger partial charge on any atom is 0.175 e. The lowest BCUT2D eigenvalue weighted by molar-refractivity contribution is 0.308. The first-order valence-electron chi connectivity index (χ1n) is 5.42. The van der Waals surface area contributed by atoms with Gasteiger partial charge in [-0.15, -0.1) is 12.4 Å². The Morgan fingerprint density at radius 3 is 2.53 bits per heavy atom. The zero-order valence-electron chi connectivity index (χ0n) is 10.4. The summed E-state index contributed by atoms with van der Waals surface area (Å²) in [5.41, 5.74) is 1.18. The quantitative estimate of drug-likeness (QED) is 0.870. The Balaban J connectivity index is 0.00000256. The zero-order chi connectivity index (χ0) is 12.0. The molecule has 0 unspecified atom stereocenters. The second-order valence-corrected chi connectivity index (χ2v) is 4.18. The van der Waals surface area contributed by atoms with Gasteiger partial charge in [-0.05, 0) is 47.1 Å². The molecule has 0 saturated heterocycles. The van der Waals surface area contributed by atoms with Crippen LogP contribution < -0.4 is 14.8 Å². The fraction of sp³-hybridized carbons (Fsp3) is 0.500. The Kier molecular flexibility index (Phi) is 8.39. The molecular weight excluding hydrogens is 305 g/mol. The van der Waals surface area contributed by atoms with E-state index in [0.29, 0.717) is 6.61 Å². The summed E-state index contributed by atoms with van der Waals surface area (Å²) in [6, 6.07) is 4.05. The van der Waals surface area contributed by atoms with E-state index < -0.39 is 0 Å². The van der Waals surface area contributed by atoms with E-state index in [1.165, 1.54) is 5.56 Å². The molecule has 0 aliphatic rings. The number of ether oxygens (including phenoxy) is 2. The van der Waals surface area contributed by atoms with Crippen molar-refractivity contribution < 1.29 is 9.47 Å². The molecule has 98 valence electrons. The van der Waals surface area contributed by atoms with Crippen LogP contribution in [0, 0.1) is 0 Å². The van der Waals surface area contributed by atoms with Crippen LogP contribution in [-0.2, 0) is 6.54 Å². The van der Waals surface area contributed by atoms with E-state index in [2.05, 4.69) is 34.2 Å². The molecule has 1 N–H and O–H groups in total. The highest BCUT2D eigenvalue weighted by molar-refractivity contribution is 9.10. The van der Waals surface area contributed by atoms with Crippen molar-refractivity contribution in [3.8, 4) is 11.5 Å². The van der Waals surface area contributed by atoms with Crippen LogP contribution in [0.15, 0.2) is 16.6 Å². The summed E-state index contributed by atoms with van der Waals surface area (Å²) in [6.45, 7) is 6.45. The molecule has 0 aliphatic heterocycles. The molecule has 0 atom stereocenters. The summed E-state index contributed by atoms with van der Waals surface area (Å²) in [7, 11) is 1.65. The molecule has 5 heteroatoms. The number of hydrogen-bond donors (Lipinski definition) is 1. The third-order valence-electron chi connectivity index (χ3n) is 2.16. The molecule has 0 heterocycles. The Hall–Kier alpha value is -0.450. The van der Waals surface area contributed by atoms with E-state index in [9.17, 15) is 0 Å². The van der Waals surface area contributed by atoms with E-state index in [1.807, 2.05) is 13.0 Å². The van der Waals surface area contributed by atoms with Crippen molar-refractivity contribution in [3.63, 3.8) is 0 Å². The summed E-state index contributed by atoms with van der Waals surface area (Å²) in [5, 5.41) is 3.28. The zero-order valence-corrected chi connectivity index (χ0v) is 12.8. The molecular formula is C12H19BrClNO2. The highest BCUT2D eigenvalue weighted by Gasteiger charge is 2.10. The molecule has 0 spiro atoms. The van der Waals surface area contributed by atoms with Gasteiger partial charge in [0, 0.05) is 6.54 Å². The van der Waals surface area contributed by atoms with Crippen molar-refractivity contribution in [2.45, 2.75) is 20.4 Å². The fourth-order valence-corrected chi connectivity index (χ4v) is 2.03. The highest BCUT2D eigenvalue weighted by Crippen LogP contribution is 2.36. The van der Waals surface area contributed by atoms with E-state index in [-0.39, 0.29) is 12.4 Å². The lowest BCUT2D eigenvalue weighted by Gasteiger charge is -2.13. The van der Waals surface area contributed by atoms with Gasteiger partial charge < -0.3 is 14.8 Å². The number of halogens is 2. The number of hydrogen-bond acceptors (Lipinski definition) is 3. The van der Waals surface area contributed by atoms with Gasteiger partial charge in [-0.1, -0.05) is 6.92 Å². The minimum Gasteiger partial charge on any atom is -0.493 e. The first-order valence-corrected chi connectivity index (χ1v) is 6.22. The van der Waals surface area contributed by atoms with Crippen molar-refractivity contribution in [1.82, 2.24) is 5.32 Å². The van der Waals surface area contributed by atoms with Crippen molar-refractivity contribution in [2.75, 3.05) is 20.3 Å². The maximum absolute atomic E-state index is 5.53. The molecule has 0 saturated carbocycles. The number of rotatable bonds is 6. The minimum absolute atomic E-state index is 0. The van der Waals surface area contributed by atoms with Crippen LogP contribution >= 0.6 is 28.3 Å². The van der Waals surface area contributed by atoms with Gasteiger partial charge in [0.2, 0.25) is 0 Å². The molecule has 1 aromatic carbocycles. The topological polar surface area (TPSA) is 30.5 Å². The van der Waals surface area contributed by atoms with Crippen molar-refractivity contribution in [2.24, 2.45) is 0 Å². The van der Waals surface area contributed by atoms with Gasteiger partial charge in [-0.2, -0.15) is 0 Å².